The molecule has 3 heteroatoms. The molecule has 1 aromatic rings. The Balaban J connectivity index is 1.82. The number of anilines is 1. The van der Waals surface area contributed by atoms with E-state index in [0.29, 0.717) is 0 Å². The van der Waals surface area contributed by atoms with Gasteiger partial charge in [0.2, 0.25) is 5.88 Å². The normalized spacial score (nSPS) is 16.1. The number of rotatable bonds is 6. The van der Waals surface area contributed by atoms with Gasteiger partial charge in [0.15, 0.2) is 0 Å². The molecule has 0 saturated heterocycles. The van der Waals surface area contributed by atoms with Crippen LogP contribution < -0.4 is 10.1 Å². The molecule has 1 N–H and O–H groups in total. The Hall–Kier alpha value is -1.25. The molecule has 2 rings (SSSR count). The minimum absolute atomic E-state index is 0.740. The van der Waals surface area contributed by atoms with Crippen LogP contribution >= 0.6 is 0 Å². The lowest BCUT2D eigenvalue weighted by molar-refractivity contribution is 0.244. The minimum Gasteiger partial charge on any atom is -0.477 e. The number of nitrogens with zero attached hydrogens (tertiary/aromatic N) is 1. The first-order valence-corrected chi connectivity index (χ1v) is 6.72. The van der Waals surface area contributed by atoms with Crippen molar-refractivity contribution in [2.75, 3.05) is 18.5 Å². The van der Waals surface area contributed by atoms with Crippen LogP contribution in [0.1, 0.15) is 39.0 Å². The van der Waals surface area contributed by atoms with Crippen LogP contribution in [0.15, 0.2) is 18.2 Å². The second-order valence-electron chi connectivity index (χ2n) is 4.75. The molecule has 0 aliphatic heterocycles. The van der Waals surface area contributed by atoms with Gasteiger partial charge in [-0.2, -0.15) is 4.98 Å². The Bertz CT molecular complexity index is 335. The summed E-state index contributed by atoms with van der Waals surface area (Å²) in [6, 6.07) is 5.92. The van der Waals surface area contributed by atoms with Gasteiger partial charge in [0, 0.05) is 12.6 Å². The van der Waals surface area contributed by atoms with E-state index >= 15 is 0 Å². The topological polar surface area (TPSA) is 34.1 Å². The van der Waals surface area contributed by atoms with E-state index in [1.54, 1.807) is 0 Å². The van der Waals surface area contributed by atoms with Crippen LogP contribution in [0.25, 0.3) is 0 Å². The van der Waals surface area contributed by atoms with Crippen molar-refractivity contribution in [3.8, 4) is 5.88 Å². The maximum atomic E-state index is 5.76. The average molecular weight is 234 g/mol. The number of aromatic nitrogens is 1. The molecule has 1 aromatic heterocycles. The number of ether oxygens (including phenoxy) is 1. The standard InChI is InChI=1S/C14H22N2O/c1-2-10-15-13-8-5-9-14(16-13)17-11-12-6-3-4-7-12/h5,8-9,12H,2-4,6-7,10-11H2,1H3,(H,15,16). The van der Waals surface area contributed by atoms with Crippen molar-refractivity contribution in [2.45, 2.75) is 39.0 Å². The molecule has 0 bridgehead atoms. The predicted molar refractivity (Wildman–Crippen MR) is 70.5 cm³/mol. The van der Waals surface area contributed by atoms with Crippen LogP contribution in [0.4, 0.5) is 5.82 Å². The van der Waals surface area contributed by atoms with Gasteiger partial charge in [-0.25, -0.2) is 0 Å². The lowest BCUT2D eigenvalue weighted by atomic mass is 10.1. The Morgan fingerprint density at radius 2 is 2.18 bits per heavy atom. The zero-order valence-corrected chi connectivity index (χ0v) is 10.6. The third kappa shape index (κ3) is 3.91. The first kappa shape index (κ1) is 12.2. The van der Waals surface area contributed by atoms with Gasteiger partial charge in [-0.05, 0) is 31.2 Å². The highest BCUT2D eigenvalue weighted by atomic mass is 16.5. The van der Waals surface area contributed by atoms with Crippen LogP contribution in [0.2, 0.25) is 0 Å². The van der Waals surface area contributed by atoms with Gasteiger partial charge in [0.25, 0.3) is 0 Å². The molecule has 1 saturated carbocycles. The van der Waals surface area contributed by atoms with Gasteiger partial charge in [0.1, 0.15) is 5.82 Å². The third-order valence-electron chi connectivity index (χ3n) is 3.22. The second kappa shape index (κ2) is 6.48. The summed E-state index contributed by atoms with van der Waals surface area (Å²) in [5.41, 5.74) is 0. The summed E-state index contributed by atoms with van der Waals surface area (Å²) in [5.74, 6) is 2.40. The van der Waals surface area contributed by atoms with Crippen molar-refractivity contribution in [1.82, 2.24) is 4.98 Å². The Kier molecular flexibility index (Phi) is 4.65. The number of pyridine rings is 1. The summed E-state index contributed by atoms with van der Waals surface area (Å²) >= 11 is 0. The van der Waals surface area contributed by atoms with Crippen molar-refractivity contribution in [3.05, 3.63) is 18.2 Å². The average Bonchev–Trinajstić information content (AvgIpc) is 2.87. The Morgan fingerprint density at radius 1 is 1.35 bits per heavy atom. The second-order valence-corrected chi connectivity index (χ2v) is 4.75. The highest BCUT2D eigenvalue weighted by Gasteiger charge is 2.15. The molecule has 1 heterocycles. The fourth-order valence-electron chi connectivity index (χ4n) is 2.23. The molecule has 0 aromatic carbocycles. The summed E-state index contributed by atoms with van der Waals surface area (Å²) in [4.78, 5) is 4.44. The smallest absolute Gasteiger partial charge is 0.215 e. The van der Waals surface area contributed by atoms with Crippen LogP contribution in [0.5, 0.6) is 5.88 Å². The van der Waals surface area contributed by atoms with E-state index in [4.69, 9.17) is 4.74 Å². The fourth-order valence-corrected chi connectivity index (χ4v) is 2.23. The highest BCUT2D eigenvalue weighted by molar-refractivity contribution is 5.36. The van der Waals surface area contributed by atoms with E-state index in [1.807, 2.05) is 18.2 Å². The van der Waals surface area contributed by atoms with Gasteiger partial charge in [-0.1, -0.05) is 25.8 Å². The van der Waals surface area contributed by atoms with Gasteiger partial charge in [-0.3, -0.25) is 0 Å². The predicted octanol–water partition coefficient (Wildman–Crippen LogP) is 3.47. The third-order valence-corrected chi connectivity index (χ3v) is 3.22. The highest BCUT2D eigenvalue weighted by Crippen LogP contribution is 2.25. The van der Waals surface area contributed by atoms with E-state index in [2.05, 4.69) is 17.2 Å². The number of hydrogen-bond donors (Lipinski definition) is 1. The van der Waals surface area contributed by atoms with Crippen LogP contribution in [-0.2, 0) is 0 Å². The molecule has 0 spiro atoms. The molecule has 0 atom stereocenters. The first-order chi connectivity index (χ1) is 8.38. The fraction of sp³-hybridized carbons (Fsp3) is 0.643. The zero-order chi connectivity index (χ0) is 11.9. The summed E-state index contributed by atoms with van der Waals surface area (Å²) in [7, 11) is 0. The molecular formula is C14H22N2O. The van der Waals surface area contributed by atoms with E-state index in [0.717, 1.165) is 37.2 Å². The van der Waals surface area contributed by atoms with E-state index in [9.17, 15) is 0 Å². The quantitative estimate of drug-likeness (QED) is 0.818. The lowest BCUT2D eigenvalue weighted by Crippen LogP contribution is -2.09. The van der Waals surface area contributed by atoms with Gasteiger partial charge < -0.3 is 10.1 Å². The molecule has 94 valence electrons. The summed E-state index contributed by atoms with van der Waals surface area (Å²) in [5, 5.41) is 3.27. The molecule has 0 radical (unpaired) electrons. The maximum Gasteiger partial charge on any atom is 0.215 e. The first-order valence-electron chi connectivity index (χ1n) is 6.72. The van der Waals surface area contributed by atoms with Gasteiger partial charge in [0.05, 0.1) is 6.61 Å². The molecule has 17 heavy (non-hydrogen) atoms. The molecule has 0 amide bonds. The Labute approximate surface area is 104 Å². The molecule has 1 aliphatic carbocycles. The summed E-state index contributed by atoms with van der Waals surface area (Å²) in [6.07, 6.45) is 6.45. The molecule has 0 unspecified atom stereocenters. The SMILES string of the molecule is CCCNc1cccc(OCC2CCCC2)n1. The maximum absolute atomic E-state index is 5.76. The largest absolute Gasteiger partial charge is 0.477 e. The van der Waals surface area contributed by atoms with Crippen LogP contribution in [-0.4, -0.2) is 18.1 Å². The van der Waals surface area contributed by atoms with Gasteiger partial charge in [-0.15, -0.1) is 0 Å². The number of hydrogen-bond acceptors (Lipinski definition) is 3. The molecule has 1 fully saturated rings. The van der Waals surface area contributed by atoms with E-state index in [1.165, 1.54) is 25.7 Å². The minimum atomic E-state index is 0.740. The monoisotopic (exact) mass is 234 g/mol. The van der Waals surface area contributed by atoms with Crippen molar-refractivity contribution in [2.24, 2.45) is 5.92 Å². The van der Waals surface area contributed by atoms with E-state index in [-0.39, 0.29) is 0 Å². The molecule has 1 aliphatic rings. The lowest BCUT2D eigenvalue weighted by Gasteiger charge is -2.11. The van der Waals surface area contributed by atoms with Crippen molar-refractivity contribution in [3.63, 3.8) is 0 Å². The molecule has 3 nitrogen and oxygen atoms in total. The van der Waals surface area contributed by atoms with Crippen molar-refractivity contribution < 1.29 is 4.74 Å². The van der Waals surface area contributed by atoms with Crippen molar-refractivity contribution >= 4 is 5.82 Å². The van der Waals surface area contributed by atoms with Gasteiger partial charge >= 0.3 is 0 Å². The van der Waals surface area contributed by atoms with E-state index < -0.39 is 0 Å². The summed E-state index contributed by atoms with van der Waals surface area (Å²) in [6.45, 7) is 3.93. The van der Waals surface area contributed by atoms with Crippen LogP contribution in [0.3, 0.4) is 0 Å². The molecular weight excluding hydrogens is 212 g/mol. The number of nitrogens with one attached hydrogen (secondary N) is 1. The van der Waals surface area contributed by atoms with Crippen LogP contribution in [0, 0.1) is 5.92 Å². The Morgan fingerprint density at radius 3 is 2.94 bits per heavy atom. The summed E-state index contributed by atoms with van der Waals surface area (Å²) < 4.78 is 5.76. The van der Waals surface area contributed by atoms with Crippen molar-refractivity contribution in [1.29, 1.82) is 0 Å². The zero-order valence-electron chi connectivity index (χ0n) is 10.6.